The molecule has 0 aliphatic rings. The molecule has 0 saturated heterocycles. The minimum Gasteiger partial charge on any atom is -0.437 e. The van der Waals surface area contributed by atoms with Crippen molar-refractivity contribution >= 4 is 51.8 Å². The molecule has 27 heavy (non-hydrogen) atoms. The van der Waals surface area contributed by atoms with Crippen molar-refractivity contribution in [3.8, 4) is 0 Å². The highest BCUT2D eigenvalue weighted by Crippen LogP contribution is 2.28. The van der Waals surface area contributed by atoms with Gasteiger partial charge in [0.15, 0.2) is 16.6 Å². The molecule has 0 N–H and O–H groups in total. The lowest BCUT2D eigenvalue weighted by Gasteiger charge is -2.40. The van der Waals surface area contributed by atoms with Crippen LogP contribution in [0.3, 0.4) is 0 Å². The Hall–Kier alpha value is 1.02. The first-order valence-electron chi connectivity index (χ1n) is 9.32. The summed E-state index contributed by atoms with van der Waals surface area (Å²) in [5.41, 5.74) is 0.533. The molecule has 164 valence electrons. The van der Waals surface area contributed by atoms with Gasteiger partial charge in [0.2, 0.25) is 0 Å². The van der Waals surface area contributed by atoms with Crippen molar-refractivity contribution in [3.05, 3.63) is 0 Å². The first kappa shape index (κ1) is 28.0. The van der Waals surface area contributed by atoms with Gasteiger partial charge < -0.3 is 29.7 Å². The summed E-state index contributed by atoms with van der Waals surface area (Å²) in [5.74, 6) is 0. The molecule has 0 saturated carbocycles. The molecule has 2 unspecified atom stereocenters. The zero-order chi connectivity index (χ0) is 21.7. The zero-order valence-electron chi connectivity index (χ0n) is 19.6. The molecule has 2 atom stereocenters. The third-order valence-electron chi connectivity index (χ3n) is 3.41. The van der Waals surface area contributed by atoms with Crippen molar-refractivity contribution in [2.24, 2.45) is 0 Å². The normalized spacial score (nSPS) is 17.7. The van der Waals surface area contributed by atoms with Gasteiger partial charge in [-0.15, -0.1) is 0 Å². The molecule has 0 fully saturated rings. The van der Waals surface area contributed by atoms with Gasteiger partial charge >= 0.3 is 35.2 Å². The van der Waals surface area contributed by atoms with Gasteiger partial charge in [0.05, 0.1) is 5.67 Å². The molecule has 0 bridgehead atoms. The average Bonchev–Trinajstić information content (AvgIpc) is 2.38. The van der Waals surface area contributed by atoms with E-state index in [0.29, 0.717) is 5.67 Å². The van der Waals surface area contributed by atoms with Gasteiger partial charge in [-0.25, -0.2) is 0 Å². The van der Waals surface area contributed by atoms with E-state index in [1.54, 1.807) is 21.3 Å². The molecule has 0 radical (unpaired) electrons. The Kier molecular flexibility index (Phi) is 10.8. The number of hydrogen-bond donors (Lipinski definition) is 0. The number of rotatable bonds is 13. The summed E-state index contributed by atoms with van der Waals surface area (Å²) in [6.07, 6.45) is 0. The van der Waals surface area contributed by atoms with Crippen molar-refractivity contribution in [1.82, 2.24) is 0 Å². The number of hydrogen-bond acceptors (Lipinski definition) is 7. The Morgan fingerprint density at radius 1 is 0.630 bits per heavy atom. The quantitative estimate of drug-likeness (QED) is 0.364. The predicted octanol–water partition coefficient (Wildman–Crippen LogP) is 3.76. The maximum atomic E-state index is 6.56. The van der Waals surface area contributed by atoms with Gasteiger partial charge in [0.1, 0.15) is 0 Å². The van der Waals surface area contributed by atoms with E-state index in [0.717, 1.165) is 0 Å². The molecule has 0 aliphatic carbocycles. The van der Waals surface area contributed by atoms with Crippen molar-refractivity contribution in [1.29, 1.82) is 0 Å². The third-order valence-corrected chi connectivity index (χ3v) is 25.1. The van der Waals surface area contributed by atoms with E-state index in [-0.39, 0.29) is 0 Å². The van der Waals surface area contributed by atoms with Crippen LogP contribution in [0.2, 0.25) is 71.1 Å². The molecule has 0 aromatic carbocycles. The molecule has 0 spiro atoms. The summed E-state index contributed by atoms with van der Waals surface area (Å²) in [7, 11) is -8.36. The van der Waals surface area contributed by atoms with E-state index >= 15 is 0 Å². The Balaban J connectivity index is 5.42. The lowest BCUT2D eigenvalue weighted by atomic mass is 11.8. The van der Waals surface area contributed by atoms with Crippen molar-refractivity contribution in [3.63, 3.8) is 0 Å². The third kappa shape index (κ3) is 11.7. The van der Waals surface area contributed by atoms with Gasteiger partial charge in [0, 0.05) is 21.3 Å². The van der Waals surface area contributed by atoms with E-state index in [9.17, 15) is 0 Å². The molecular formula is C14H42O7Si6. The van der Waals surface area contributed by atoms with E-state index in [2.05, 4.69) is 65.5 Å². The van der Waals surface area contributed by atoms with Crippen molar-refractivity contribution in [2.75, 3.05) is 21.3 Å². The van der Waals surface area contributed by atoms with Crippen LogP contribution in [0.15, 0.2) is 0 Å². The minimum absolute atomic E-state index is 0.533. The molecular weight excluding hydrogens is 449 g/mol. The van der Waals surface area contributed by atoms with Crippen LogP contribution >= 0.6 is 0 Å². The highest BCUT2D eigenvalue weighted by molar-refractivity contribution is 6.91. The maximum absolute atomic E-state index is 6.56. The molecule has 13 heteroatoms. The van der Waals surface area contributed by atoms with Gasteiger partial charge in [-0.2, -0.15) is 0 Å². The summed E-state index contributed by atoms with van der Waals surface area (Å²) >= 11 is 0. The Bertz CT molecular complexity index is 442. The fourth-order valence-corrected chi connectivity index (χ4v) is 29.5. The van der Waals surface area contributed by atoms with Crippen LogP contribution in [0.4, 0.5) is 0 Å². The molecule has 0 rings (SSSR count). The highest BCUT2D eigenvalue weighted by Gasteiger charge is 2.52. The fourth-order valence-electron chi connectivity index (χ4n) is 3.15. The lowest BCUT2D eigenvalue weighted by Crippen LogP contribution is -2.59. The van der Waals surface area contributed by atoms with Gasteiger partial charge in [-0.1, -0.05) is 0 Å². The summed E-state index contributed by atoms with van der Waals surface area (Å²) in [6, 6.07) is 0. The Morgan fingerprint density at radius 2 is 1.04 bits per heavy atom. The van der Waals surface area contributed by atoms with E-state index in [1.807, 2.05) is 0 Å². The van der Waals surface area contributed by atoms with Crippen LogP contribution in [-0.4, -0.2) is 73.2 Å². The summed E-state index contributed by atoms with van der Waals surface area (Å²) in [6.45, 7) is 21.3. The largest absolute Gasteiger partial charge is 0.502 e. The lowest BCUT2D eigenvalue weighted by molar-refractivity contribution is 0.125. The maximum Gasteiger partial charge on any atom is 0.502 e. The second kappa shape index (κ2) is 10.4. The molecule has 0 amide bonds. The smallest absolute Gasteiger partial charge is 0.437 e. The highest BCUT2D eigenvalue weighted by atomic mass is 28.5. The summed E-state index contributed by atoms with van der Waals surface area (Å²) < 4.78 is 42.7. The van der Waals surface area contributed by atoms with Crippen LogP contribution in [0.1, 0.15) is 0 Å². The van der Waals surface area contributed by atoms with Gasteiger partial charge in [-0.05, 0) is 65.5 Å². The molecule has 0 aromatic rings. The predicted molar refractivity (Wildman–Crippen MR) is 125 cm³/mol. The van der Waals surface area contributed by atoms with E-state index in [4.69, 9.17) is 29.7 Å². The topological polar surface area (TPSA) is 64.6 Å². The molecule has 0 heterocycles. The van der Waals surface area contributed by atoms with Crippen LogP contribution in [0.5, 0.6) is 0 Å². The fraction of sp³-hybridized carbons (Fsp3) is 1.00. The minimum atomic E-state index is -2.83. The second-order valence-electron chi connectivity index (χ2n) is 9.24. The van der Waals surface area contributed by atoms with Crippen molar-refractivity contribution < 1.29 is 29.7 Å². The van der Waals surface area contributed by atoms with E-state index in [1.165, 1.54) is 0 Å². The van der Waals surface area contributed by atoms with Crippen LogP contribution in [-0.2, 0) is 29.7 Å². The molecule has 0 aliphatic heterocycles. The van der Waals surface area contributed by atoms with E-state index < -0.39 is 51.8 Å². The first-order valence-corrected chi connectivity index (χ1v) is 25.5. The van der Waals surface area contributed by atoms with Gasteiger partial charge in [-0.3, -0.25) is 0 Å². The Labute approximate surface area is 174 Å². The van der Waals surface area contributed by atoms with Gasteiger partial charge in [0.25, 0.3) is 0 Å². The van der Waals surface area contributed by atoms with Crippen LogP contribution in [0, 0.1) is 0 Å². The van der Waals surface area contributed by atoms with Crippen LogP contribution in [0.25, 0.3) is 0 Å². The Morgan fingerprint density at radius 3 is 1.37 bits per heavy atom. The monoisotopic (exact) mass is 490 g/mol. The molecule has 7 nitrogen and oxygen atoms in total. The van der Waals surface area contributed by atoms with Crippen LogP contribution < -0.4 is 0 Å². The molecule has 0 aromatic heterocycles. The SMILES string of the molecule is CO[Si](C[Si](C)(O[SiH](C)O[Si](C)(C)O[Si](C)(C)C)O[Si](C)(C)C)(OC)OC. The standard InChI is InChI=1S/C14H42O7Si6/c1-15-27(16-2,17-3)14-26(13,21-24(8,9)10)19-22(4)18-25(11,12)20-23(5,6)7/h22H,14H2,1-13H3. The summed E-state index contributed by atoms with van der Waals surface area (Å²) in [4.78, 5) is 0. The first-order chi connectivity index (χ1) is 11.9. The van der Waals surface area contributed by atoms with Crippen molar-refractivity contribution in [2.45, 2.75) is 71.1 Å². The summed E-state index contributed by atoms with van der Waals surface area (Å²) in [5, 5.41) is 0. The average molecular weight is 491 g/mol. The second-order valence-corrected chi connectivity index (χ2v) is 31.4. The zero-order valence-corrected chi connectivity index (χ0v) is 25.8.